The van der Waals surface area contributed by atoms with Crippen LogP contribution in [0.1, 0.15) is 18.1 Å². The molecular formula is C21H16O7. The summed E-state index contributed by atoms with van der Waals surface area (Å²) in [7, 11) is 1.19. The Balaban J connectivity index is 2.15. The third-order valence-electron chi connectivity index (χ3n) is 4.65. The molecule has 2 aromatic rings. The molecule has 0 amide bonds. The van der Waals surface area contributed by atoms with Crippen molar-refractivity contribution in [3.63, 3.8) is 0 Å². The molecule has 0 bridgehead atoms. The molecule has 7 nitrogen and oxygen atoms in total. The van der Waals surface area contributed by atoms with Crippen LogP contribution in [-0.2, 0) is 34.2 Å². The zero-order chi connectivity index (χ0) is 19.9. The lowest BCUT2D eigenvalue weighted by atomic mass is 9.81. The van der Waals surface area contributed by atoms with Crippen LogP contribution in [0.3, 0.4) is 0 Å². The number of benzene rings is 2. The first-order chi connectivity index (χ1) is 13.5. The average molecular weight is 380 g/mol. The maximum atomic E-state index is 13.0. The predicted molar refractivity (Wildman–Crippen MR) is 96.3 cm³/mol. The number of esters is 3. The van der Waals surface area contributed by atoms with Gasteiger partial charge in [0.15, 0.2) is 5.57 Å². The van der Waals surface area contributed by atoms with E-state index in [0.717, 1.165) is 0 Å². The highest BCUT2D eigenvalue weighted by molar-refractivity contribution is 6.27. The standard InChI is InChI=1S/C21H16O7/c1-3-26-18(22)16-17-12-8-4-6-10-14(12)27-15-11-7-5-9-13(15)21(17,20(24)25-2)28-19(16)23/h4-11H,3H2,1-2H3. The third kappa shape index (κ3) is 2.32. The van der Waals surface area contributed by atoms with Crippen LogP contribution in [-0.4, -0.2) is 31.6 Å². The summed E-state index contributed by atoms with van der Waals surface area (Å²) in [6.45, 7) is 1.68. The largest absolute Gasteiger partial charge is 0.466 e. The van der Waals surface area contributed by atoms with Gasteiger partial charge in [-0.3, -0.25) is 0 Å². The number of methoxy groups -OCH3 is 1. The van der Waals surface area contributed by atoms with E-state index in [-0.39, 0.29) is 23.3 Å². The Labute approximate surface area is 160 Å². The zero-order valence-corrected chi connectivity index (χ0v) is 15.2. The van der Waals surface area contributed by atoms with Gasteiger partial charge in [0.2, 0.25) is 0 Å². The van der Waals surface area contributed by atoms with Gasteiger partial charge < -0.3 is 18.9 Å². The van der Waals surface area contributed by atoms with Gasteiger partial charge >= 0.3 is 17.9 Å². The van der Waals surface area contributed by atoms with Gasteiger partial charge in [-0.1, -0.05) is 36.4 Å². The van der Waals surface area contributed by atoms with Crippen molar-refractivity contribution < 1.29 is 33.3 Å². The molecule has 4 rings (SSSR count). The van der Waals surface area contributed by atoms with Crippen molar-refractivity contribution in [2.75, 3.05) is 13.7 Å². The second kappa shape index (κ2) is 6.53. The van der Waals surface area contributed by atoms with Crippen LogP contribution >= 0.6 is 0 Å². The molecule has 0 saturated carbocycles. The summed E-state index contributed by atoms with van der Waals surface area (Å²) < 4.78 is 21.6. The van der Waals surface area contributed by atoms with E-state index in [9.17, 15) is 14.4 Å². The molecule has 0 aliphatic carbocycles. The fraction of sp³-hybridized carbons (Fsp3) is 0.190. The topological polar surface area (TPSA) is 88.1 Å². The lowest BCUT2D eigenvalue weighted by Gasteiger charge is -2.27. The molecule has 0 radical (unpaired) electrons. The van der Waals surface area contributed by atoms with Gasteiger partial charge in [0.25, 0.3) is 5.60 Å². The van der Waals surface area contributed by atoms with Crippen LogP contribution in [0.5, 0.6) is 11.5 Å². The summed E-state index contributed by atoms with van der Waals surface area (Å²) in [4.78, 5) is 38.4. The van der Waals surface area contributed by atoms with Crippen molar-refractivity contribution in [2.24, 2.45) is 0 Å². The number of carbonyl (C=O) groups is 3. The molecule has 2 aliphatic rings. The molecular weight excluding hydrogens is 364 g/mol. The van der Waals surface area contributed by atoms with Gasteiger partial charge in [0, 0.05) is 11.1 Å². The van der Waals surface area contributed by atoms with Crippen molar-refractivity contribution in [1.82, 2.24) is 0 Å². The number of carbonyl (C=O) groups excluding carboxylic acids is 3. The molecule has 1 atom stereocenters. The van der Waals surface area contributed by atoms with Gasteiger partial charge in [-0.25, -0.2) is 14.4 Å². The minimum absolute atomic E-state index is 0.0584. The molecule has 2 heterocycles. The van der Waals surface area contributed by atoms with E-state index >= 15 is 0 Å². The molecule has 0 spiro atoms. The van der Waals surface area contributed by atoms with Crippen LogP contribution in [0.25, 0.3) is 5.57 Å². The van der Waals surface area contributed by atoms with Crippen LogP contribution in [0, 0.1) is 0 Å². The van der Waals surface area contributed by atoms with E-state index in [1.165, 1.54) is 7.11 Å². The maximum Gasteiger partial charge on any atom is 0.360 e. The van der Waals surface area contributed by atoms with Crippen LogP contribution in [0.4, 0.5) is 0 Å². The van der Waals surface area contributed by atoms with Crippen LogP contribution < -0.4 is 4.74 Å². The summed E-state index contributed by atoms with van der Waals surface area (Å²) in [6.07, 6.45) is 0. The number of fused-ring (bicyclic) bond motifs is 5. The van der Waals surface area contributed by atoms with Crippen molar-refractivity contribution in [3.05, 3.63) is 65.2 Å². The van der Waals surface area contributed by atoms with Crippen molar-refractivity contribution in [3.8, 4) is 11.5 Å². The minimum atomic E-state index is -1.98. The zero-order valence-electron chi connectivity index (χ0n) is 15.2. The Morgan fingerprint density at radius 3 is 2.43 bits per heavy atom. The highest BCUT2D eigenvalue weighted by atomic mass is 16.6. The molecule has 1 unspecified atom stereocenters. The van der Waals surface area contributed by atoms with E-state index in [0.29, 0.717) is 17.1 Å². The fourth-order valence-electron chi connectivity index (χ4n) is 3.55. The summed E-state index contributed by atoms with van der Waals surface area (Å²) in [6, 6.07) is 13.4. The second-order valence-electron chi connectivity index (χ2n) is 6.13. The van der Waals surface area contributed by atoms with E-state index in [2.05, 4.69) is 0 Å². The van der Waals surface area contributed by atoms with Gasteiger partial charge in [-0.2, -0.15) is 0 Å². The molecule has 0 N–H and O–H groups in total. The van der Waals surface area contributed by atoms with E-state index < -0.39 is 23.5 Å². The smallest absolute Gasteiger partial charge is 0.360 e. The van der Waals surface area contributed by atoms with E-state index in [1.54, 1.807) is 55.5 Å². The SMILES string of the molecule is CCOC(=O)C1=C2c3ccccc3Oc3ccccc3C2(C(=O)OC)OC1=O. The Kier molecular flexibility index (Phi) is 4.15. The fourth-order valence-corrected chi connectivity index (χ4v) is 3.55. The lowest BCUT2D eigenvalue weighted by Crippen LogP contribution is -2.38. The number of hydrogen-bond acceptors (Lipinski definition) is 7. The number of rotatable bonds is 3. The average Bonchev–Trinajstić information content (AvgIpc) is 2.96. The Bertz CT molecular complexity index is 1040. The highest BCUT2D eigenvalue weighted by Crippen LogP contribution is 2.55. The maximum absolute atomic E-state index is 13.0. The van der Waals surface area contributed by atoms with Crippen LogP contribution in [0.2, 0.25) is 0 Å². The summed E-state index contributed by atoms with van der Waals surface area (Å²) >= 11 is 0. The molecule has 0 saturated heterocycles. The molecule has 142 valence electrons. The number of hydrogen-bond donors (Lipinski definition) is 0. The number of ether oxygens (including phenoxy) is 4. The molecule has 0 fully saturated rings. The molecule has 28 heavy (non-hydrogen) atoms. The Hall–Kier alpha value is -3.61. The first-order valence-corrected chi connectivity index (χ1v) is 8.65. The Morgan fingerprint density at radius 1 is 1.04 bits per heavy atom. The van der Waals surface area contributed by atoms with E-state index in [1.807, 2.05) is 0 Å². The predicted octanol–water partition coefficient (Wildman–Crippen LogP) is 2.73. The monoisotopic (exact) mass is 380 g/mol. The van der Waals surface area contributed by atoms with Gasteiger partial charge in [-0.15, -0.1) is 0 Å². The van der Waals surface area contributed by atoms with Crippen molar-refractivity contribution >= 4 is 23.5 Å². The minimum Gasteiger partial charge on any atom is -0.466 e. The summed E-state index contributed by atoms with van der Waals surface area (Å²) in [5, 5.41) is 0. The highest BCUT2D eigenvalue weighted by Gasteiger charge is 2.60. The first-order valence-electron chi connectivity index (χ1n) is 8.65. The summed E-state index contributed by atoms with van der Waals surface area (Å²) in [5.74, 6) is -1.99. The van der Waals surface area contributed by atoms with Crippen molar-refractivity contribution in [2.45, 2.75) is 12.5 Å². The Morgan fingerprint density at radius 2 is 1.71 bits per heavy atom. The van der Waals surface area contributed by atoms with Gasteiger partial charge in [0.05, 0.1) is 19.3 Å². The molecule has 0 aromatic heterocycles. The molecule has 2 aromatic carbocycles. The third-order valence-corrected chi connectivity index (χ3v) is 4.65. The van der Waals surface area contributed by atoms with Gasteiger partial charge in [-0.05, 0) is 19.1 Å². The second-order valence-corrected chi connectivity index (χ2v) is 6.13. The number of para-hydroxylation sites is 2. The quantitative estimate of drug-likeness (QED) is 0.460. The molecule has 7 heteroatoms. The molecule has 2 aliphatic heterocycles. The normalized spacial score (nSPS) is 19.4. The van der Waals surface area contributed by atoms with Crippen LogP contribution in [0.15, 0.2) is 54.1 Å². The van der Waals surface area contributed by atoms with Crippen molar-refractivity contribution in [1.29, 1.82) is 0 Å². The van der Waals surface area contributed by atoms with E-state index in [4.69, 9.17) is 18.9 Å². The lowest BCUT2D eigenvalue weighted by molar-refractivity contribution is -0.170. The van der Waals surface area contributed by atoms with Gasteiger partial charge in [0.1, 0.15) is 11.5 Å². The first kappa shape index (κ1) is 17.8. The summed E-state index contributed by atoms with van der Waals surface area (Å²) in [5.41, 5.74) is -1.63.